The summed E-state index contributed by atoms with van der Waals surface area (Å²) in [5, 5.41) is 0. The highest BCUT2D eigenvalue weighted by Crippen LogP contribution is 2.27. The molecule has 2 aromatic carbocycles. The van der Waals surface area contributed by atoms with Gasteiger partial charge in [0.05, 0.1) is 19.3 Å². The Bertz CT molecular complexity index is 811. The Morgan fingerprint density at radius 1 is 0.923 bits per heavy atom. The minimum absolute atomic E-state index is 0.0381. The van der Waals surface area contributed by atoms with Crippen LogP contribution in [0.15, 0.2) is 42.5 Å². The molecule has 0 radical (unpaired) electrons. The molecule has 0 saturated heterocycles. The number of hydrogen-bond donors (Lipinski definition) is 0. The van der Waals surface area contributed by atoms with Gasteiger partial charge in [-0.15, -0.1) is 0 Å². The Kier molecular flexibility index (Phi) is 6.49. The number of benzene rings is 2. The van der Waals surface area contributed by atoms with Crippen molar-refractivity contribution in [3.63, 3.8) is 0 Å². The zero-order valence-corrected chi connectivity index (χ0v) is 14.9. The van der Waals surface area contributed by atoms with E-state index in [1.165, 1.54) is 26.2 Å². The molecule has 0 fully saturated rings. The van der Waals surface area contributed by atoms with Crippen LogP contribution < -0.4 is 4.74 Å². The fourth-order valence-corrected chi connectivity index (χ4v) is 2.37. The molecular formula is C20H20O6. The minimum atomic E-state index is -0.685. The molecule has 0 aliphatic heterocycles. The van der Waals surface area contributed by atoms with E-state index >= 15 is 0 Å². The van der Waals surface area contributed by atoms with Gasteiger partial charge in [-0.1, -0.05) is 30.3 Å². The summed E-state index contributed by atoms with van der Waals surface area (Å²) in [5.41, 5.74) is 1.08. The molecule has 0 spiro atoms. The molecule has 0 aliphatic carbocycles. The van der Waals surface area contributed by atoms with Crippen LogP contribution in [0, 0.1) is 0 Å². The molecule has 0 unspecified atom stereocenters. The largest absolute Gasteiger partial charge is 0.488 e. The molecule has 2 aromatic rings. The number of hydrogen-bond acceptors (Lipinski definition) is 6. The average Bonchev–Trinajstić information content (AvgIpc) is 2.65. The Morgan fingerprint density at radius 2 is 1.62 bits per heavy atom. The summed E-state index contributed by atoms with van der Waals surface area (Å²) in [6.07, 6.45) is 0. The highest BCUT2D eigenvalue weighted by molar-refractivity contribution is 6.08. The molecule has 0 bridgehead atoms. The second-order valence-electron chi connectivity index (χ2n) is 5.44. The summed E-state index contributed by atoms with van der Waals surface area (Å²) in [5.74, 6) is -1.53. The molecule has 0 amide bonds. The number of methoxy groups -OCH3 is 1. The van der Waals surface area contributed by atoms with E-state index in [4.69, 9.17) is 14.2 Å². The molecule has 0 aliphatic rings. The Morgan fingerprint density at radius 3 is 2.19 bits per heavy atom. The molecule has 6 nitrogen and oxygen atoms in total. The fourth-order valence-electron chi connectivity index (χ4n) is 2.37. The molecule has 0 N–H and O–H groups in total. The number of ether oxygens (including phenoxy) is 3. The van der Waals surface area contributed by atoms with Gasteiger partial charge in [0.1, 0.15) is 17.9 Å². The minimum Gasteiger partial charge on any atom is -0.488 e. The van der Waals surface area contributed by atoms with Gasteiger partial charge in [-0.05, 0) is 31.5 Å². The van der Waals surface area contributed by atoms with E-state index < -0.39 is 11.9 Å². The third-order valence-corrected chi connectivity index (χ3v) is 3.64. The van der Waals surface area contributed by atoms with Crippen LogP contribution in [0.2, 0.25) is 0 Å². The van der Waals surface area contributed by atoms with Crippen LogP contribution in [-0.2, 0) is 16.1 Å². The van der Waals surface area contributed by atoms with E-state index in [1.54, 1.807) is 6.92 Å². The number of rotatable bonds is 7. The molecular weight excluding hydrogens is 336 g/mol. The van der Waals surface area contributed by atoms with Crippen LogP contribution in [0.3, 0.4) is 0 Å². The third kappa shape index (κ3) is 4.47. The number of ketones is 1. The van der Waals surface area contributed by atoms with Crippen molar-refractivity contribution >= 4 is 17.7 Å². The van der Waals surface area contributed by atoms with Crippen LogP contribution >= 0.6 is 0 Å². The van der Waals surface area contributed by atoms with Crippen molar-refractivity contribution in [3.8, 4) is 5.75 Å². The number of carbonyl (C=O) groups is 3. The van der Waals surface area contributed by atoms with Gasteiger partial charge in [-0.2, -0.15) is 0 Å². The zero-order valence-electron chi connectivity index (χ0n) is 14.9. The molecule has 0 heterocycles. The van der Waals surface area contributed by atoms with Crippen molar-refractivity contribution < 1.29 is 28.6 Å². The molecule has 2 rings (SSSR count). The van der Waals surface area contributed by atoms with Gasteiger partial charge in [0.25, 0.3) is 0 Å². The lowest BCUT2D eigenvalue weighted by molar-refractivity contribution is 0.0518. The van der Waals surface area contributed by atoms with Gasteiger partial charge in [0.15, 0.2) is 5.78 Å². The van der Waals surface area contributed by atoms with E-state index in [9.17, 15) is 14.4 Å². The van der Waals surface area contributed by atoms with E-state index in [-0.39, 0.29) is 41.4 Å². The zero-order chi connectivity index (χ0) is 19.1. The van der Waals surface area contributed by atoms with E-state index in [0.29, 0.717) is 0 Å². The highest BCUT2D eigenvalue weighted by atomic mass is 16.5. The molecule has 0 atom stereocenters. The lowest BCUT2D eigenvalue weighted by Crippen LogP contribution is -2.14. The van der Waals surface area contributed by atoms with E-state index in [1.807, 2.05) is 30.3 Å². The first-order chi connectivity index (χ1) is 12.5. The van der Waals surface area contributed by atoms with Gasteiger partial charge >= 0.3 is 11.9 Å². The highest BCUT2D eigenvalue weighted by Gasteiger charge is 2.23. The maximum atomic E-state index is 12.3. The third-order valence-electron chi connectivity index (χ3n) is 3.64. The summed E-state index contributed by atoms with van der Waals surface area (Å²) in [4.78, 5) is 36.2. The van der Waals surface area contributed by atoms with Crippen molar-refractivity contribution in [2.75, 3.05) is 13.7 Å². The number of esters is 2. The molecule has 26 heavy (non-hydrogen) atoms. The van der Waals surface area contributed by atoms with Crippen LogP contribution in [0.25, 0.3) is 0 Å². The van der Waals surface area contributed by atoms with Crippen molar-refractivity contribution in [2.24, 2.45) is 0 Å². The van der Waals surface area contributed by atoms with Crippen LogP contribution in [0.1, 0.15) is 50.5 Å². The standard InChI is InChI=1S/C20H20O6/c1-4-25-20(23)17-10-15(13(2)21)16(19(22)24-3)11-18(17)26-12-14-8-6-5-7-9-14/h5-11H,4,12H2,1-3H3. The van der Waals surface area contributed by atoms with Crippen molar-refractivity contribution in [2.45, 2.75) is 20.5 Å². The summed E-state index contributed by atoms with van der Waals surface area (Å²) < 4.78 is 15.5. The molecule has 0 aromatic heterocycles. The second-order valence-corrected chi connectivity index (χ2v) is 5.44. The monoisotopic (exact) mass is 356 g/mol. The van der Waals surface area contributed by atoms with Gasteiger partial charge in [0.2, 0.25) is 0 Å². The van der Waals surface area contributed by atoms with Gasteiger partial charge in [-0.25, -0.2) is 9.59 Å². The first kappa shape index (κ1) is 19.2. The van der Waals surface area contributed by atoms with Crippen molar-refractivity contribution in [3.05, 3.63) is 64.7 Å². The van der Waals surface area contributed by atoms with Crippen LogP contribution in [0.5, 0.6) is 5.75 Å². The summed E-state index contributed by atoms with van der Waals surface area (Å²) >= 11 is 0. The molecule has 136 valence electrons. The maximum absolute atomic E-state index is 12.3. The quantitative estimate of drug-likeness (QED) is 0.559. The summed E-state index contributed by atoms with van der Waals surface area (Å²) in [6.45, 7) is 3.34. The van der Waals surface area contributed by atoms with Gasteiger partial charge < -0.3 is 14.2 Å². The topological polar surface area (TPSA) is 78.9 Å². The van der Waals surface area contributed by atoms with Crippen LogP contribution in [0.4, 0.5) is 0 Å². The smallest absolute Gasteiger partial charge is 0.341 e. The molecule has 6 heteroatoms. The Hall–Kier alpha value is -3.15. The van der Waals surface area contributed by atoms with Crippen LogP contribution in [-0.4, -0.2) is 31.4 Å². The summed E-state index contributed by atoms with van der Waals surface area (Å²) in [6, 6.07) is 12.0. The predicted molar refractivity (Wildman–Crippen MR) is 94.5 cm³/mol. The number of carbonyl (C=O) groups excluding carboxylic acids is 3. The SMILES string of the molecule is CCOC(=O)c1cc(C(C)=O)c(C(=O)OC)cc1OCc1ccccc1. The Balaban J connectivity index is 2.48. The second kappa shape index (κ2) is 8.80. The fraction of sp³-hybridized carbons (Fsp3) is 0.250. The van der Waals surface area contributed by atoms with Crippen molar-refractivity contribution in [1.29, 1.82) is 0 Å². The molecule has 0 saturated carbocycles. The van der Waals surface area contributed by atoms with Crippen molar-refractivity contribution in [1.82, 2.24) is 0 Å². The summed E-state index contributed by atoms with van der Waals surface area (Å²) in [7, 11) is 1.22. The normalized spacial score (nSPS) is 10.1. The number of Topliss-reactive ketones (excluding diaryl/α,β-unsaturated/α-hetero) is 1. The lowest BCUT2D eigenvalue weighted by atomic mass is 10.00. The lowest BCUT2D eigenvalue weighted by Gasteiger charge is -2.14. The Labute approximate surface area is 151 Å². The van der Waals surface area contributed by atoms with E-state index in [0.717, 1.165) is 5.56 Å². The van der Waals surface area contributed by atoms with E-state index in [2.05, 4.69) is 0 Å². The first-order valence-corrected chi connectivity index (χ1v) is 8.09. The van der Waals surface area contributed by atoms with Gasteiger partial charge in [0, 0.05) is 5.56 Å². The average molecular weight is 356 g/mol. The van der Waals surface area contributed by atoms with Gasteiger partial charge in [-0.3, -0.25) is 4.79 Å². The first-order valence-electron chi connectivity index (χ1n) is 8.09. The maximum Gasteiger partial charge on any atom is 0.341 e. The predicted octanol–water partition coefficient (Wildman–Crippen LogP) is 3.43.